The number of unbranched alkanes of at least 4 members (excludes halogenated alkanes) is 4. The highest BCUT2D eigenvalue weighted by Gasteiger charge is 2.17. The van der Waals surface area contributed by atoms with E-state index in [1.165, 1.54) is 35.9 Å². The molecule has 1 aromatic heterocycles. The maximum Gasteiger partial charge on any atom is 0.284 e. The van der Waals surface area contributed by atoms with E-state index < -0.39 is 0 Å². The average Bonchev–Trinajstić information content (AvgIpc) is 2.88. The summed E-state index contributed by atoms with van der Waals surface area (Å²) in [5, 5.41) is 4.44. The second-order valence-electron chi connectivity index (χ2n) is 6.48. The van der Waals surface area contributed by atoms with Crippen LogP contribution in [0.25, 0.3) is 0 Å². The van der Waals surface area contributed by atoms with Crippen LogP contribution in [-0.4, -0.2) is 22.3 Å². The van der Waals surface area contributed by atoms with Gasteiger partial charge in [-0.3, -0.25) is 4.79 Å². The molecule has 4 nitrogen and oxygen atoms in total. The maximum atomic E-state index is 12.5. The van der Waals surface area contributed by atoms with Crippen LogP contribution in [0.1, 0.15) is 60.8 Å². The van der Waals surface area contributed by atoms with Crippen molar-refractivity contribution < 1.29 is 9.53 Å². The largest absolute Gasteiger partial charge is 0.482 e. The van der Waals surface area contributed by atoms with Gasteiger partial charge in [0, 0.05) is 10.2 Å². The number of nitrogens with zero attached hydrogens (tertiary/aromatic N) is 2. The molecular formula is C20H26Br2N2O2. The van der Waals surface area contributed by atoms with Crippen LogP contribution in [0.3, 0.4) is 0 Å². The number of rotatable bonds is 9. The second-order valence-corrected chi connectivity index (χ2v) is 8.25. The molecular weight excluding hydrogens is 460 g/mol. The number of carbonyl (C=O) groups is 1. The summed E-state index contributed by atoms with van der Waals surface area (Å²) in [4.78, 5) is 12.5. The van der Waals surface area contributed by atoms with Gasteiger partial charge in [0.2, 0.25) is 0 Å². The number of aryl methyl sites for hydroxylation is 1. The van der Waals surface area contributed by atoms with Crippen molar-refractivity contribution in [2.24, 2.45) is 0 Å². The number of halogens is 2. The molecule has 0 aliphatic heterocycles. The van der Waals surface area contributed by atoms with Crippen LogP contribution in [0, 0.1) is 13.8 Å². The van der Waals surface area contributed by atoms with Crippen molar-refractivity contribution in [3.05, 3.63) is 44.1 Å². The molecule has 0 aliphatic carbocycles. The molecule has 0 unspecified atom stereocenters. The third kappa shape index (κ3) is 5.68. The highest BCUT2D eigenvalue weighted by molar-refractivity contribution is 9.11. The van der Waals surface area contributed by atoms with E-state index >= 15 is 0 Å². The Kier molecular flexibility index (Phi) is 8.35. The molecule has 142 valence electrons. The fourth-order valence-electron chi connectivity index (χ4n) is 2.98. The molecule has 26 heavy (non-hydrogen) atoms. The molecule has 1 heterocycles. The molecule has 6 heteroatoms. The molecule has 0 aliphatic rings. The molecule has 0 amide bonds. The molecule has 0 fully saturated rings. The first-order chi connectivity index (χ1) is 12.4. The monoisotopic (exact) mass is 484 g/mol. The van der Waals surface area contributed by atoms with Crippen LogP contribution in [0.5, 0.6) is 5.75 Å². The van der Waals surface area contributed by atoms with Gasteiger partial charge in [0.25, 0.3) is 5.91 Å². The lowest BCUT2D eigenvalue weighted by atomic mass is 10.0. The summed E-state index contributed by atoms with van der Waals surface area (Å²) in [6, 6.07) is 5.59. The van der Waals surface area contributed by atoms with E-state index in [9.17, 15) is 4.79 Å². The lowest BCUT2D eigenvalue weighted by Crippen LogP contribution is -2.22. The molecule has 0 spiro atoms. The van der Waals surface area contributed by atoms with Crippen LogP contribution < -0.4 is 4.74 Å². The standard InChI is InChI=1S/C20H26Br2N2O2/c1-4-5-6-7-8-9-17-14(2)23-24(15(17)3)20(25)13-26-19-11-10-16(21)12-18(19)22/h10-12H,4-9,13H2,1-3H3. The van der Waals surface area contributed by atoms with Gasteiger partial charge in [-0.25, -0.2) is 4.68 Å². The fraction of sp³-hybridized carbons (Fsp3) is 0.500. The molecule has 0 saturated carbocycles. The Balaban J connectivity index is 1.97. The van der Waals surface area contributed by atoms with Crippen molar-refractivity contribution in [2.75, 3.05) is 6.61 Å². The minimum Gasteiger partial charge on any atom is -0.482 e. The van der Waals surface area contributed by atoms with E-state index in [2.05, 4.69) is 43.9 Å². The second kappa shape index (κ2) is 10.3. The highest BCUT2D eigenvalue weighted by atomic mass is 79.9. The van der Waals surface area contributed by atoms with Crippen LogP contribution in [0.15, 0.2) is 27.1 Å². The van der Waals surface area contributed by atoms with Crippen molar-refractivity contribution in [1.29, 1.82) is 0 Å². The third-order valence-electron chi connectivity index (χ3n) is 4.45. The predicted octanol–water partition coefficient (Wildman–Crippen LogP) is 6.26. The van der Waals surface area contributed by atoms with Crippen molar-refractivity contribution >= 4 is 37.8 Å². The van der Waals surface area contributed by atoms with E-state index in [0.717, 1.165) is 33.2 Å². The molecule has 1 aromatic carbocycles. The van der Waals surface area contributed by atoms with Crippen molar-refractivity contribution in [3.63, 3.8) is 0 Å². The smallest absolute Gasteiger partial charge is 0.284 e. The Bertz CT molecular complexity index is 757. The Morgan fingerprint density at radius 3 is 2.58 bits per heavy atom. The topological polar surface area (TPSA) is 44.1 Å². The van der Waals surface area contributed by atoms with E-state index in [0.29, 0.717) is 5.75 Å². The lowest BCUT2D eigenvalue weighted by molar-refractivity contribution is 0.0817. The zero-order valence-corrected chi connectivity index (χ0v) is 18.8. The summed E-state index contributed by atoms with van der Waals surface area (Å²) in [7, 11) is 0. The summed E-state index contributed by atoms with van der Waals surface area (Å²) < 4.78 is 8.90. The molecule has 2 rings (SSSR count). The number of carbonyl (C=O) groups excluding carboxylic acids is 1. The number of hydrogen-bond acceptors (Lipinski definition) is 3. The van der Waals surface area contributed by atoms with Crippen LogP contribution in [0.4, 0.5) is 0 Å². The SMILES string of the molecule is CCCCCCCc1c(C)nn(C(=O)COc2ccc(Br)cc2Br)c1C. The van der Waals surface area contributed by atoms with Gasteiger partial charge in [0.1, 0.15) is 5.75 Å². The first-order valence-electron chi connectivity index (χ1n) is 9.10. The van der Waals surface area contributed by atoms with Gasteiger partial charge >= 0.3 is 0 Å². The summed E-state index contributed by atoms with van der Waals surface area (Å²) >= 11 is 6.84. The van der Waals surface area contributed by atoms with Crippen molar-refractivity contribution in [2.45, 2.75) is 59.3 Å². The summed E-state index contributed by atoms with van der Waals surface area (Å²) in [6.07, 6.45) is 7.17. The minimum absolute atomic E-state index is 0.0435. The number of ether oxygens (including phenoxy) is 1. The quantitative estimate of drug-likeness (QED) is 0.394. The molecule has 0 saturated heterocycles. The molecule has 0 N–H and O–H groups in total. The van der Waals surface area contributed by atoms with E-state index in [4.69, 9.17) is 4.74 Å². The van der Waals surface area contributed by atoms with Crippen LogP contribution >= 0.6 is 31.9 Å². The van der Waals surface area contributed by atoms with Gasteiger partial charge in [-0.15, -0.1) is 0 Å². The molecule has 0 atom stereocenters. The highest BCUT2D eigenvalue weighted by Crippen LogP contribution is 2.28. The number of hydrogen-bond donors (Lipinski definition) is 0. The van der Waals surface area contributed by atoms with E-state index in [-0.39, 0.29) is 12.5 Å². The molecule has 0 bridgehead atoms. The van der Waals surface area contributed by atoms with Crippen molar-refractivity contribution in [3.8, 4) is 5.75 Å². The van der Waals surface area contributed by atoms with Crippen LogP contribution in [0.2, 0.25) is 0 Å². The van der Waals surface area contributed by atoms with Gasteiger partial charge in [0.05, 0.1) is 10.2 Å². The zero-order chi connectivity index (χ0) is 19.1. The third-order valence-corrected chi connectivity index (χ3v) is 5.57. The fourth-order valence-corrected chi connectivity index (χ4v) is 4.14. The van der Waals surface area contributed by atoms with Gasteiger partial charge in [-0.2, -0.15) is 5.10 Å². The number of benzene rings is 1. The van der Waals surface area contributed by atoms with E-state index in [1.54, 1.807) is 0 Å². The number of aromatic nitrogens is 2. The average molecular weight is 486 g/mol. The van der Waals surface area contributed by atoms with Gasteiger partial charge in [-0.05, 0) is 66.4 Å². The minimum atomic E-state index is -0.155. The predicted molar refractivity (Wildman–Crippen MR) is 112 cm³/mol. The Hall–Kier alpha value is -1.14. The normalized spacial score (nSPS) is 11.0. The Morgan fingerprint density at radius 2 is 1.88 bits per heavy atom. The Morgan fingerprint density at radius 1 is 1.15 bits per heavy atom. The first kappa shape index (κ1) is 21.2. The van der Waals surface area contributed by atoms with Gasteiger partial charge < -0.3 is 4.74 Å². The summed E-state index contributed by atoms with van der Waals surface area (Å²) in [5.41, 5.74) is 3.07. The molecule has 0 radical (unpaired) electrons. The summed E-state index contributed by atoms with van der Waals surface area (Å²) in [6.45, 7) is 6.12. The van der Waals surface area contributed by atoms with Crippen molar-refractivity contribution in [1.82, 2.24) is 9.78 Å². The lowest BCUT2D eigenvalue weighted by Gasteiger charge is -2.09. The first-order valence-corrected chi connectivity index (χ1v) is 10.7. The summed E-state index contributed by atoms with van der Waals surface area (Å²) in [5.74, 6) is 0.483. The van der Waals surface area contributed by atoms with Crippen LogP contribution in [-0.2, 0) is 6.42 Å². The van der Waals surface area contributed by atoms with Gasteiger partial charge in [-0.1, -0.05) is 48.5 Å². The zero-order valence-electron chi connectivity index (χ0n) is 15.6. The maximum absolute atomic E-state index is 12.5. The Labute approximate surface area is 172 Å². The molecule has 2 aromatic rings. The van der Waals surface area contributed by atoms with E-state index in [1.807, 2.05) is 32.0 Å². The van der Waals surface area contributed by atoms with Gasteiger partial charge in [0.15, 0.2) is 6.61 Å².